The van der Waals surface area contributed by atoms with Gasteiger partial charge < -0.3 is 5.32 Å². The highest BCUT2D eigenvalue weighted by molar-refractivity contribution is 14.1. The van der Waals surface area contributed by atoms with Crippen molar-refractivity contribution in [1.29, 1.82) is 0 Å². The van der Waals surface area contributed by atoms with E-state index < -0.39 is 0 Å². The Morgan fingerprint density at radius 2 is 1.63 bits per heavy atom. The zero-order chi connectivity index (χ0) is 13.9. The van der Waals surface area contributed by atoms with Crippen molar-refractivity contribution in [2.45, 2.75) is 58.3 Å². The highest BCUT2D eigenvalue weighted by Gasteiger charge is 2.00. The van der Waals surface area contributed by atoms with Crippen molar-refractivity contribution in [3.63, 3.8) is 0 Å². The van der Waals surface area contributed by atoms with E-state index in [9.17, 15) is 4.39 Å². The summed E-state index contributed by atoms with van der Waals surface area (Å²) in [6, 6.07) is 4.90. The Kier molecular flexibility index (Phi) is 9.22. The lowest BCUT2D eigenvalue weighted by Crippen LogP contribution is -2.03. The fourth-order valence-corrected chi connectivity index (χ4v) is 2.78. The van der Waals surface area contributed by atoms with E-state index in [4.69, 9.17) is 0 Å². The Morgan fingerprint density at radius 1 is 1.00 bits per heavy atom. The highest BCUT2D eigenvalue weighted by Crippen LogP contribution is 2.19. The van der Waals surface area contributed by atoms with Crippen molar-refractivity contribution in [2.24, 2.45) is 0 Å². The highest BCUT2D eigenvalue weighted by atomic mass is 127. The normalized spacial score (nSPS) is 10.7. The zero-order valence-electron chi connectivity index (χ0n) is 11.9. The molecule has 3 heteroatoms. The first-order valence-electron chi connectivity index (χ1n) is 7.43. The lowest BCUT2D eigenvalue weighted by Gasteiger charge is -2.08. The lowest BCUT2D eigenvalue weighted by atomic mass is 10.1. The summed E-state index contributed by atoms with van der Waals surface area (Å²) in [4.78, 5) is 0. The van der Waals surface area contributed by atoms with Gasteiger partial charge in [-0.15, -0.1) is 0 Å². The quantitative estimate of drug-likeness (QED) is 0.391. The van der Waals surface area contributed by atoms with Crippen molar-refractivity contribution in [3.05, 3.63) is 27.6 Å². The number of hydrogen-bond donors (Lipinski definition) is 1. The Morgan fingerprint density at radius 3 is 2.26 bits per heavy atom. The standard InChI is InChI=1S/C16H25FIN/c1-2-3-4-5-6-7-8-9-12-19-16-11-10-14(17)13-15(16)18/h10-11,13,19H,2-9,12H2,1H3. The van der Waals surface area contributed by atoms with Gasteiger partial charge in [0.25, 0.3) is 0 Å². The van der Waals surface area contributed by atoms with E-state index in [2.05, 4.69) is 34.8 Å². The number of rotatable bonds is 10. The van der Waals surface area contributed by atoms with Gasteiger partial charge in [-0.1, -0.05) is 51.9 Å². The molecule has 1 rings (SSSR count). The molecule has 0 fully saturated rings. The molecule has 0 aliphatic heterocycles. The average Bonchev–Trinajstić information content (AvgIpc) is 2.39. The van der Waals surface area contributed by atoms with E-state index in [0.717, 1.165) is 15.8 Å². The molecule has 19 heavy (non-hydrogen) atoms. The molecule has 0 saturated heterocycles. The van der Waals surface area contributed by atoms with Crippen LogP contribution in [0.2, 0.25) is 0 Å². The summed E-state index contributed by atoms with van der Waals surface area (Å²) in [5.41, 5.74) is 1.05. The van der Waals surface area contributed by atoms with E-state index in [1.165, 1.54) is 57.4 Å². The van der Waals surface area contributed by atoms with Crippen LogP contribution in [0.15, 0.2) is 18.2 Å². The minimum absolute atomic E-state index is 0.165. The summed E-state index contributed by atoms with van der Waals surface area (Å²) >= 11 is 2.17. The number of nitrogens with one attached hydrogen (secondary N) is 1. The molecule has 0 aliphatic rings. The van der Waals surface area contributed by atoms with Gasteiger partial charge in [-0.2, -0.15) is 0 Å². The molecule has 0 aliphatic carbocycles. The van der Waals surface area contributed by atoms with Crippen LogP contribution >= 0.6 is 22.6 Å². The van der Waals surface area contributed by atoms with Crippen molar-refractivity contribution >= 4 is 28.3 Å². The van der Waals surface area contributed by atoms with Crippen LogP contribution in [0.4, 0.5) is 10.1 Å². The maximum Gasteiger partial charge on any atom is 0.124 e. The molecule has 1 aromatic carbocycles. The van der Waals surface area contributed by atoms with Gasteiger partial charge in [-0.25, -0.2) is 4.39 Å². The topological polar surface area (TPSA) is 12.0 Å². The van der Waals surface area contributed by atoms with Gasteiger partial charge >= 0.3 is 0 Å². The van der Waals surface area contributed by atoms with Crippen molar-refractivity contribution < 1.29 is 4.39 Å². The number of benzene rings is 1. The molecule has 0 saturated carbocycles. The summed E-state index contributed by atoms with van der Waals surface area (Å²) in [7, 11) is 0. The molecule has 0 unspecified atom stereocenters. The molecule has 108 valence electrons. The third-order valence-electron chi connectivity index (χ3n) is 3.28. The van der Waals surface area contributed by atoms with Crippen LogP contribution in [-0.2, 0) is 0 Å². The molecule has 0 bridgehead atoms. The summed E-state index contributed by atoms with van der Waals surface area (Å²) in [5.74, 6) is -0.165. The second kappa shape index (κ2) is 10.5. The molecule has 1 nitrogen and oxygen atoms in total. The Hall–Kier alpha value is -0.320. The predicted molar refractivity (Wildman–Crippen MR) is 90.2 cm³/mol. The van der Waals surface area contributed by atoms with Gasteiger partial charge in [0, 0.05) is 15.8 Å². The minimum Gasteiger partial charge on any atom is -0.384 e. The van der Waals surface area contributed by atoms with E-state index in [1.54, 1.807) is 6.07 Å². The van der Waals surface area contributed by atoms with E-state index in [0.29, 0.717) is 0 Å². The average molecular weight is 377 g/mol. The van der Waals surface area contributed by atoms with Crippen LogP contribution in [0, 0.1) is 9.39 Å². The molecular weight excluding hydrogens is 352 g/mol. The molecule has 0 spiro atoms. The van der Waals surface area contributed by atoms with Gasteiger partial charge in [-0.3, -0.25) is 0 Å². The number of hydrogen-bond acceptors (Lipinski definition) is 1. The van der Waals surface area contributed by atoms with Crippen molar-refractivity contribution in [2.75, 3.05) is 11.9 Å². The van der Waals surface area contributed by atoms with E-state index >= 15 is 0 Å². The third kappa shape index (κ3) is 7.75. The largest absolute Gasteiger partial charge is 0.384 e. The predicted octanol–water partition coefficient (Wildman–Crippen LogP) is 5.98. The van der Waals surface area contributed by atoms with Gasteiger partial charge in [0.15, 0.2) is 0 Å². The van der Waals surface area contributed by atoms with Crippen molar-refractivity contribution in [3.8, 4) is 0 Å². The van der Waals surface area contributed by atoms with Crippen LogP contribution in [0.5, 0.6) is 0 Å². The lowest BCUT2D eigenvalue weighted by molar-refractivity contribution is 0.581. The maximum atomic E-state index is 12.9. The first-order chi connectivity index (χ1) is 9.24. The van der Waals surface area contributed by atoms with Gasteiger partial charge in [0.2, 0.25) is 0 Å². The summed E-state index contributed by atoms with van der Waals surface area (Å²) in [6.45, 7) is 3.24. The second-order valence-corrected chi connectivity index (χ2v) is 6.19. The second-order valence-electron chi connectivity index (χ2n) is 5.03. The smallest absolute Gasteiger partial charge is 0.124 e. The molecule has 0 heterocycles. The fourth-order valence-electron chi connectivity index (χ4n) is 2.11. The molecule has 0 aromatic heterocycles. The number of halogens is 2. The van der Waals surface area contributed by atoms with Crippen LogP contribution in [0.1, 0.15) is 58.3 Å². The van der Waals surface area contributed by atoms with Gasteiger partial charge in [0.05, 0.1) is 0 Å². The molecule has 0 atom stereocenters. The minimum atomic E-state index is -0.165. The Labute approximate surface area is 130 Å². The maximum absolute atomic E-state index is 12.9. The molecule has 0 amide bonds. The van der Waals surface area contributed by atoms with Crippen molar-refractivity contribution in [1.82, 2.24) is 0 Å². The monoisotopic (exact) mass is 377 g/mol. The summed E-state index contributed by atoms with van der Waals surface area (Å²) in [6.07, 6.45) is 10.7. The molecule has 0 radical (unpaired) electrons. The van der Waals surface area contributed by atoms with Crippen LogP contribution in [0.3, 0.4) is 0 Å². The summed E-state index contributed by atoms with van der Waals surface area (Å²) in [5, 5.41) is 3.38. The molecular formula is C16H25FIN. The first kappa shape index (κ1) is 16.7. The molecule has 1 aromatic rings. The van der Waals surface area contributed by atoms with Crippen LogP contribution in [-0.4, -0.2) is 6.54 Å². The zero-order valence-corrected chi connectivity index (χ0v) is 14.0. The first-order valence-corrected chi connectivity index (χ1v) is 8.51. The fraction of sp³-hybridized carbons (Fsp3) is 0.625. The number of unbranched alkanes of at least 4 members (excludes halogenated alkanes) is 7. The van der Waals surface area contributed by atoms with E-state index in [-0.39, 0.29) is 5.82 Å². The Bertz CT molecular complexity index is 355. The van der Waals surface area contributed by atoms with Crippen LogP contribution in [0.25, 0.3) is 0 Å². The summed E-state index contributed by atoms with van der Waals surface area (Å²) < 4.78 is 13.9. The van der Waals surface area contributed by atoms with E-state index in [1.807, 2.05) is 6.07 Å². The number of anilines is 1. The van der Waals surface area contributed by atoms with Crippen LogP contribution < -0.4 is 5.32 Å². The molecule has 1 N–H and O–H groups in total. The Balaban J connectivity index is 2.01. The third-order valence-corrected chi connectivity index (χ3v) is 4.17. The van der Waals surface area contributed by atoms with Gasteiger partial charge in [-0.05, 0) is 47.2 Å². The van der Waals surface area contributed by atoms with Gasteiger partial charge in [0.1, 0.15) is 5.82 Å². The SMILES string of the molecule is CCCCCCCCCCNc1ccc(F)cc1I.